The molecule has 1 aliphatic carbocycles. The van der Waals surface area contributed by atoms with E-state index in [-0.39, 0.29) is 12.3 Å². The van der Waals surface area contributed by atoms with E-state index in [9.17, 15) is 4.79 Å². The zero-order valence-electron chi connectivity index (χ0n) is 14.9. The number of hydrogen-bond donors (Lipinski definition) is 1. The van der Waals surface area contributed by atoms with Gasteiger partial charge in [0, 0.05) is 17.0 Å². The van der Waals surface area contributed by atoms with Crippen LogP contribution in [0.5, 0.6) is 11.5 Å². The maximum absolute atomic E-state index is 12.5. The summed E-state index contributed by atoms with van der Waals surface area (Å²) in [5.74, 6) is 1.12. The third-order valence-electron chi connectivity index (χ3n) is 4.90. The summed E-state index contributed by atoms with van der Waals surface area (Å²) in [5, 5.41) is 3.94. The lowest BCUT2D eigenvalue weighted by Gasteiger charge is -2.11. The molecule has 2 aromatic carbocycles. The molecule has 0 unspecified atom stereocenters. The number of ether oxygens (including phenoxy) is 2. The summed E-state index contributed by atoms with van der Waals surface area (Å²) < 4.78 is 16.2. The van der Waals surface area contributed by atoms with Crippen molar-refractivity contribution >= 4 is 22.6 Å². The third kappa shape index (κ3) is 3.01. The molecule has 5 heteroatoms. The van der Waals surface area contributed by atoms with Gasteiger partial charge < -0.3 is 19.2 Å². The van der Waals surface area contributed by atoms with Crippen LogP contribution < -0.4 is 14.8 Å². The van der Waals surface area contributed by atoms with Crippen molar-refractivity contribution in [1.82, 2.24) is 0 Å². The minimum atomic E-state index is -0.114. The quantitative estimate of drug-likeness (QED) is 0.751. The summed E-state index contributed by atoms with van der Waals surface area (Å²) in [4.78, 5) is 12.5. The Bertz CT molecular complexity index is 974. The van der Waals surface area contributed by atoms with E-state index in [1.165, 1.54) is 17.5 Å². The van der Waals surface area contributed by atoms with Crippen LogP contribution in [0.15, 0.2) is 41.0 Å². The number of hydrogen-bond acceptors (Lipinski definition) is 4. The SMILES string of the molecule is COc1ccc(NC(=O)Cc2coc3cc4c(cc23)CCC4)c(OC)c1. The molecule has 1 aromatic heterocycles. The fourth-order valence-electron chi connectivity index (χ4n) is 3.55. The number of rotatable bonds is 5. The van der Waals surface area contributed by atoms with E-state index in [1.54, 1.807) is 38.7 Å². The number of anilines is 1. The normalized spacial score (nSPS) is 12.8. The van der Waals surface area contributed by atoms with Gasteiger partial charge in [0.15, 0.2) is 0 Å². The highest BCUT2D eigenvalue weighted by Crippen LogP contribution is 2.32. The van der Waals surface area contributed by atoms with Gasteiger partial charge in [0.25, 0.3) is 0 Å². The van der Waals surface area contributed by atoms with Crippen molar-refractivity contribution in [3.8, 4) is 11.5 Å². The minimum absolute atomic E-state index is 0.114. The Hall–Kier alpha value is -2.95. The molecule has 0 fully saturated rings. The summed E-state index contributed by atoms with van der Waals surface area (Å²) in [6.07, 6.45) is 5.34. The first-order valence-corrected chi connectivity index (χ1v) is 8.71. The standard InChI is InChI=1S/C21H21NO4/c1-24-16-6-7-18(20(11-16)25-2)22-21(23)10-15-12-26-19-9-14-5-3-4-13(14)8-17(15)19/h6-9,11-12H,3-5,10H2,1-2H3,(H,22,23). The number of benzene rings is 2. The molecule has 0 saturated carbocycles. The largest absolute Gasteiger partial charge is 0.497 e. The van der Waals surface area contributed by atoms with Crippen molar-refractivity contribution in [3.05, 3.63) is 53.3 Å². The number of aryl methyl sites for hydroxylation is 2. The van der Waals surface area contributed by atoms with Crippen molar-refractivity contribution in [2.75, 3.05) is 19.5 Å². The molecule has 0 spiro atoms. The van der Waals surface area contributed by atoms with Crippen molar-refractivity contribution in [3.63, 3.8) is 0 Å². The number of carbonyl (C=O) groups excluding carboxylic acids is 1. The topological polar surface area (TPSA) is 60.7 Å². The van der Waals surface area contributed by atoms with Crippen LogP contribution in [0.3, 0.4) is 0 Å². The molecule has 0 aliphatic heterocycles. The van der Waals surface area contributed by atoms with Crippen molar-refractivity contribution in [2.24, 2.45) is 0 Å². The maximum atomic E-state index is 12.5. The fraction of sp³-hybridized carbons (Fsp3) is 0.286. The van der Waals surface area contributed by atoms with E-state index < -0.39 is 0 Å². The van der Waals surface area contributed by atoms with Gasteiger partial charge >= 0.3 is 0 Å². The highest BCUT2D eigenvalue weighted by Gasteiger charge is 2.17. The third-order valence-corrected chi connectivity index (χ3v) is 4.90. The molecule has 1 amide bonds. The molecule has 3 aromatic rings. The Balaban J connectivity index is 1.55. The lowest BCUT2D eigenvalue weighted by Crippen LogP contribution is -2.14. The lowest BCUT2D eigenvalue weighted by atomic mass is 10.0. The zero-order valence-corrected chi connectivity index (χ0v) is 14.9. The molecular formula is C21H21NO4. The van der Waals surface area contributed by atoms with Gasteiger partial charge in [-0.15, -0.1) is 0 Å². The highest BCUT2D eigenvalue weighted by molar-refractivity contribution is 5.96. The molecule has 1 N–H and O–H groups in total. The van der Waals surface area contributed by atoms with Gasteiger partial charge in [-0.25, -0.2) is 0 Å². The summed E-state index contributed by atoms with van der Waals surface area (Å²) in [5.41, 5.74) is 5.12. The Morgan fingerprint density at radius 2 is 1.92 bits per heavy atom. The summed E-state index contributed by atoms with van der Waals surface area (Å²) in [7, 11) is 3.16. The van der Waals surface area contributed by atoms with Crippen molar-refractivity contribution in [1.29, 1.82) is 0 Å². The molecule has 0 radical (unpaired) electrons. The van der Waals surface area contributed by atoms with Crippen molar-refractivity contribution < 1.29 is 18.7 Å². The van der Waals surface area contributed by atoms with E-state index >= 15 is 0 Å². The first-order chi connectivity index (χ1) is 12.7. The Morgan fingerprint density at radius 3 is 2.69 bits per heavy atom. The Labute approximate surface area is 151 Å². The van der Waals surface area contributed by atoms with Crippen LogP contribution in [0.4, 0.5) is 5.69 Å². The predicted octanol–water partition coefficient (Wildman–Crippen LogP) is 4.12. The molecule has 0 saturated heterocycles. The fourth-order valence-corrected chi connectivity index (χ4v) is 3.55. The van der Waals surface area contributed by atoms with Gasteiger partial charge in [0.05, 0.1) is 32.6 Å². The van der Waals surface area contributed by atoms with Crippen LogP contribution in [0.1, 0.15) is 23.1 Å². The summed E-state index contributed by atoms with van der Waals surface area (Å²) >= 11 is 0. The highest BCUT2D eigenvalue weighted by atomic mass is 16.5. The van der Waals surface area contributed by atoms with Gasteiger partial charge in [-0.2, -0.15) is 0 Å². The van der Waals surface area contributed by atoms with Crippen LogP contribution in [0.25, 0.3) is 11.0 Å². The van der Waals surface area contributed by atoms with Crippen LogP contribution in [-0.2, 0) is 24.1 Å². The van der Waals surface area contributed by atoms with Gasteiger partial charge in [-0.3, -0.25) is 4.79 Å². The molecule has 0 bridgehead atoms. The van der Waals surface area contributed by atoms with E-state index in [0.29, 0.717) is 17.2 Å². The molecule has 4 rings (SSSR count). The van der Waals surface area contributed by atoms with Crippen LogP contribution >= 0.6 is 0 Å². The number of furan rings is 1. The first-order valence-electron chi connectivity index (χ1n) is 8.71. The Kier molecular flexibility index (Phi) is 4.29. The van der Waals surface area contributed by atoms with Gasteiger partial charge in [0.2, 0.25) is 5.91 Å². The summed E-state index contributed by atoms with van der Waals surface area (Å²) in [6, 6.07) is 9.60. The van der Waals surface area contributed by atoms with Crippen LogP contribution in [0.2, 0.25) is 0 Å². The molecule has 0 atom stereocenters. The van der Waals surface area contributed by atoms with Crippen LogP contribution in [0, 0.1) is 0 Å². The average molecular weight is 351 g/mol. The smallest absolute Gasteiger partial charge is 0.229 e. The number of fused-ring (bicyclic) bond motifs is 2. The summed E-state index contributed by atoms with van der Waals surface area (Å²) in [6.45, 7) is 0. The predicted molar refractivity (Wildman–Crippen MR) is 100 cm³/mol. The van der Waals surface area contributed by atoms with Gasteiger partial charge in [-0.1, -0.05) is 0 Å². The van der Waals surface area contributed by atoms with Crippen molar-refractivity contribution in [2.45, 2.75) is 25.7 Å². The van der Waals surface area contributed by atoms with E-state index in [1.807, 2.05) is 0 Å². The number of methoxy groups -OCH3 is 2. The lowest BCUT2D eigenvalue weighted by molar-refractivity contribution is -0.115. The monoisotopic (exact) mass is 351 g/mol. The zero-order chi connectivity index (χ0) is 18.1. The number of carbonyl (C=O) groups is 1. The molecule has 1 aliphatic rings. The second-order valence-electron chi connectivity index (χ2n) is 6.52. The van der Waals surface area contributed by atoms with E-state index in [4.69, 9.17) is 13.9 Å². The van der Waals surface area contributed by atoms with Gasteiger partial charge in [0.1, 0.15) is 17.1 Å². The first kappa shape index (κ1) is 16.5. The molecule has 26 heavy (non-hydrogen) atoms. The molecule has 1 heterocycles. The molecular weight excluding hydrogens is 330 g/mol. The molecule has 5 nitrogen and oxygen atoms in total. The second kappa shape index (κ2) is 6.75. The van der Waals surface area contributed by atoms with Gasteiger partial charge in [-0.05, 0) is 54.7 Å². The number of amides is 1. The second-order valence-corrected chi connectivity index (χ2v) is 6.52. The molecule has 134 valence electrons. The minimum Gasteiger partial charge on any atom is -0.497 e. The Morgan fingerprint density at radius 1 is 1.12 bits per heavy atom. The van der Waals surface area contributed by atoms with Crippen LogP contribution in [-0.4, -0.2) is 20.1 Å². The van der Waals surface area contributed by atoms with E-state index in [0.717, 1.165) is 29.4 Å². The average Bonchev–Trinajstić information content (AvgIpc) is 3.26. The number of nitrogens with one attached hydrogen (secondary N) is 1. The van der Waals surface area contributed by atoms with E-state index in [2.05, 4.69) is 17.4 Å². The maximum Gasteiger partial charge on any atom is 0.229 e.